The molecule has 10 heavy (non-hydrogen) atoms. The maximum atomic E-state index is 10.0. The molecule has 0 saturated carbocycles. The molecule has 4 nitrogen and oxygen atoms in total. The van der Waals surface area contributed by atoms with Gasteiger partial charge in [0.2, 0.25) is 0 Å². The third-order valence-corrected chi connectivity index (χ3v) is 2.00. The fourth-order valence-corrected chi connectivity index (χ4v) is 0.897. The van der Waals surface area contributed by atoms with Gasteiger partial charge in [-0.15, -0.1) is 0 Å². The SMILES string of the molecule is CCC(C#N)S(=O)(=O)[O-].[Na+]. The van der Waals surface area contributed by atoms with E-state index in [0.717, 1.165) is 0 Å². The number of hydrogen-bond acceptors (Lipinski definition) is 4. The van der Waals surface area contributed by atoms with Gasteiger partial charge in [0.05, 0.1) is 6.07 Å². The van der Waals surface area contributed by atoms with Crippen molar-refractivity contribution in [3.63, 3.8) is 0 Å². The number of nitrogens with zero attached hydrogens (tertiary/aromatic N) is 1. The van der Waals surface area contributed by atoms with Gasteiger partial charge in [0.1, 0.15) is 15.4 Å². The Bertz CT molecular complexity index is 217. The van der Waals surface area contributed by atoms with Gasteiger partial charge in [0, 0.05) is 0 Å². The van der Waals surface area contributed by atoms with Crippen LogP contribution < -0.4 is 29.6 Å². The predicted octanol–water partition coefficient (Wildman–Crippen LogP) is -3.16. The molecule has 0 saturated heterocycles. The van der Waals surface area contributed by atoms with E-state index in [4.69, 9.17) is 5.26 Å². The molecule has 0 aromatic heterocycles. The van der Waals surface area contributed by atoms with Crippen LogP contribution in [-0.2, 0) is 10.1 Å². The first-order chi connectivity index (χ1) is 4.02. The summed E-state index contributed by atoms with van der Waals surface area (Å²) in [6, 6.07) is 1.39. The molecule has 0 bridgehead atoms. The van der Waals surface area contributed by atoms with Crippen molar-refractivity contribution in [2.75, 3.05) is 0 Å². The second kappa shape index (κ2) is 5.10. The van der Waals surface area contributed by atoms with Gasteiger partial charge in [0.25, 0.3) is 0 Å². The van der Waals surface area contributed by atoms with Crippen LogP contribution in [0.4, 0.5) is 0 Å². The van der Waals surface area contributed by atoms with Gasteiger partial charge in [-0.05, 0) is 6.42 Å². The molecule has 0 rings (SSSR count). The minimum atomic E-state index is -4.38. The summed E-state index contributed by atoms with van der Waals surface area (Å²) in [5, 5.41) is 6.66. The molecule has 0 amide bonds. The molecule has 6 heteroatoms. The van der Waals surface area contributed by atoms with Crippen molar-refractivity contribution >= 4 is 10.1 Å². The topological polar surface area (TPSA) is 81.0 Å². The second-order valence-electron chi connectivity index (χ2n) is 1.52. The molecule has 52 valence electrons. The molecular weight excluding hydrogens is 165 g/mol. The molecule has 0 aliphatic heterocycles. The normalized spacial score (nSPS) is 12.9. The van der Waals surface area contributed by atoms with E-state index >= 15 is 0 Å². The summed E-state index contributed by atoms with van der Waals surface area (Å²) in [6.45, 7) is 1.48. The summed E-state index contributed by atoms with van der Waals surface area (Å²) in [5.41, 5.74) is 0. The van der Waals surface area contributed by atoms with Crippen LogP contribution in [0.25, 0.3) is 0 Å². The van der Waals surface area contributed by atoms with E-state index in [1.54, 1.807) is 0 Å². The minimum absolute atomic E-state index is 0. The summed E-state index contributed by atoms with van der Waals surface area (Å²) in [7, 11) is -4.38. The van der Waals surface area contributed by atoms with Crippen LogP contribution in [0, 0.1) is 11.3 Å². The van der Waals surface area contributed by atoms with Gasteiger partial charge in [-0.1, -0.05) is 6.92 Å². The van der Waals surface area contributed by atoms with Crippen molar-refractivity contribution in [3.8, 4) is 6.07 Å². The molecule has 0 heterocycles. The van der Waals surface area contributed by atoms with E-state index in [1.165, 1.54) is 13.0 Å². The number of rotatable bonds is 2. The van der Waals surface area contributed by atoms with Gasteiger partial charge in [-0.2, -0.15) is 5.26 Å². The van der Waals surface area contributed by atoms with Gasteiger partial charge in [-0.3, -0.25) is 0 Å². The van der Waals surface area contributed by atoms with E-state index in [0.29, 0.717) is 0 Å². The van der Waals surface area contributed by atoms with E-state index in [-0.39, 0.29) is 36.0 Å². The number of nitriles is 1. The summed E-state index contributed by atoms with van der Waals surface area (Å²) < 4.78 is 30.0. The zero-order valence-corrected chi connectivity index (χ0v) is 8.68. The second-order valence-corrected chi connectivity index (χ2v) is 3.07. The first kappa shape index (κ1) is 13.0. The van der Waals surface area contributed by atoms with Crippen molar-refractivity contribution < 1.29 is 42.5 Å². The first-order valence-electron chi connectivity index (χ1n) is 2.36. The molecule has 1 atom stereocenters. The molecule has 0 aliphatic carbocycles. The molecule has 1 unspecified atom stereocenters. The maximum absolute atomic E-state index is 10.0. The van der Waals surface area contributed by atoms with Gasteiger partial charge < -0.3 is 4.55 Å². The molecule has 0 spiro atoms. The van der Waals surface area contributed by atoms with Crippen molar-refractivity contribution in [1.82, 2.24) is 0 Å². The Kier molecular flexibility index (Phi) is 6.65. The van der Waals surface area contributed by atoms with Crippen LogP contribution in [0.3, 0.4) is 0 Å². The van der Waals surface area contributed by atoms with Crippen LogP contribution >= 0.6 is 0 Å². The number of hydrogen-bond donors (Lipinski definition) is 0. The predicted molar refractivity (Wildman–Crippen MR) is 29.4 cm³/mol. The third kappa shape index (κ3) is 4.25. The molecule has 0 aromatic rings. The van der Waals surface area contributed by atoms with Crippen LogP contribution in [0.5, 0.6) is 0 Å². The Morgan fingerprint density at radius 2 is 2.10 bits per heavy atom. The minimum Gasteiger partial charge on any atom is -0.747 e. The average Bonchev–Trinajstić information content (AvgIpc) is 1.65. The monoisotopic (exact) mass is 171 g/mol. The fourth-order valence-electron chi connectivity index (χ4n) is 0.360. The third-order valence-electron chi connectivity index (χ3n) is 0.863. The molecular formula is C4H6NNaO3S. The summed E-state index contributed by atoms with van der Waals surface area (Å²) in [5.74, 6) is 0. The quantitative estimate of drug-likeness (QED) is 0.324. The summed E-state index contributed by atoms with van der Waals surface area (Å²) in [4.78, 5) is 0. The Morgan fingerprint density at radius 3 is 2.10 bits per heavy atom. The van der Waals surface area contributed by atoms with Crippen LogP contribution in [-0.4, -0.2) is 18.2 Å². The summed E-state index contributed by atoms with van der Waals surface area (Å²) in [6.07, 6.45) is 0.0579. The zero-order chi connectivity index (χ0) is 7.49. The molecule has 0 N–H and O–H groups in total. The van der Waals surface area contributed by atoms with Crippen molar-refractivity contribution in [2.45, 2.75) is 18.6 Å². The smallest absolute Gasteiger partial charge is 0.747 e. The molecule has 0 radical (unpaired) electrons. The zero-order valence-electron chi connectivity index (χ0n) is 5.86. The van der Waals surface area contributed by atoms with Crippen molar-refractivity contribution in [1.29, 1.82) is 5.26 Å². The van der Waals surface area contributed by atoms with Gasteiger partial charge in [-0.25, -0.2) is 8.42 Å². The summed E-state index contributed by atoms with van der Waals surface area (Å²) >= 11 is 0. The first-order valence-corrected chi connectivity index (χ1v) is 3.83. The Hall–Kier alpha value is 0.400. The van der Waals surface area contributed by atoms with Crippen LogP contribution in [0.1, 0.15) is 13.3 Å². The van der Waals surface area contributed by atoms with E-state index < -0.39 is 15.4 Å². The molecule has 0 fully saturated rings. The van der Waals surface area contributed by atoms with Gasteiger partial charge in [0.15, 0.2) is 0 Å². The van der Waals surface area contributed by atoms with Crippen LogP contribution in [0.2, 0.25) is 0 Å². The Balaban J connectivity index is 0. The van der Waals surface area contributed by atoms with Crippen LogP contribution in [0.15, 0.2) is 0 Å². The molecule has 0 aliphatic rings. The Morgan fingerprint density at radius 1 is 1.70 bits per heavy atom. The van der Waals surface area contributed by atoms with Crippen molar-refractivity contribution in [3.05, 3.63) is 0 Å². The fraction of sp³-hybridized carbons (Fsp3) is 0.750. The average molecular weight is 171 g/mol. The Labute approximate surface area is 82.3 Å². The van der Waals surface area contributed by atoms with Crippen molar-refractivity contribution in [2.24, 2.45) is 0 Å². The maximum Gasteiger partial charge on any atom is 1.00 e. The van der Waals surface area contributed by atoms with Gasteiger partial charge >= 0.3 is 29.6 Å². The van der Waals surface area contributed by atoms with E-state index in [2.05, 4.69) is 0 Å². The molecule has 0 aromatic carbocycles. The van der Waals surface area contributed by atoms with E-state index in [9.17, 15) is 13.0 Å². The standard InChI is InChI=1S/C4H7NO3S.Na/c1-2-4(3-5)9(6,7)8;/h4H,2H2,1H3,(H,6,7,8);/q;+1/p-1. The van der Waals surface area contributed by atoms with E-state index in [1.807, 2.05) is 0 Å². The largest absolute Gasteiger partial charge is 1.00 e.